The van der Waals surface area contributed by atoms with Gasteiger partial charge < -0.3 is 4.74 Å². The number of carbonyl (C=O) groups is 1. The molecule has 0 unspecified atom stereocenters. The Labute approximate surface area is 234 Å². The largest absolute Gasteiger partial charge is 0.465 e. The normalized spacial score (nSPS) is 11.5. The molecule has 0 bridgehead atoms. The van der Waals surface area contributed by atoms with Gasteiger partial charge in [-0.2, -0.15) is 8.42 Å². The van der Waals surface area contributed by atoms with E-state index in [1.165, 1.54) is 19.3 Å². The van der Waals surface area contributed by atoms with E-state index in [0.29, 0.717) is 6.61 Å². The number of hydrogen-bond donors (Lipinski definition) is 0. The SMILES string of the molecule is O=C(OCCCCCCCCCCCCOS(=O)(=O)Cc1ccccc1)C(c1ccccc1)c1ccccc1. The van der Waals surface area contributed by atoms with Crippen molar-refractivity contribution in [2.75, 3.05) is 13.2 Å². The highest BCUT2D eigenvalue weighted by Gasteiger charge is 2.23. The molecule has 0 aromatic heterocycles. The molecule has 0 heterocycles. The standard InChI is InChI=1S/C33H42O5S/c34-33(32(30-22-14-10-15-23-30)31-24-16-11-17-25-31)37-26-18-7-5-3-1-2-4-6-8-19-27-38-39(35,36)28-29-20-12-9-13-21-29/h9-17,20-25,32H,1-8,18-19,26-28H2. The molecule has 3 rings (SSSR count). The molecule has 6 heteroatoms. The molecule has 3 aromatic rings. The van der Waals surface area contributed by atoms with E-state index in [1.807, 2.05) is 78.9 Å². The number of esters is 1. The molecule has 0 saturated carbocycles. The summed E-state index contributed by atoms with van der Waals surface area (Å²) in [6.07, 6.45) is 10.7. The second-order valence-electron chi connectivity index (χ2n) is 9.97. The van der Waals surface area contributed by atoms with Crippen molar-refractivity contribution in [3.8, 4) is 0 Å². The molecule has 5 nitrogen and oxygen atoms in total. The average Bonchev–Trinajstić information content (AvgIpc) is 2.95. The molecule has 0 N–H and O–H groups in total. The van der Waals surface area contributed by atoms with Crippen LogP contribution in [0.15, 0.2) is 91.0 Å². The van der Waals surface area contributed by atoms with Crippen LogP contribution in [-0.2, 0) is 29.6 Å². The molecule has 0 aliphatic heterocycles. The maximum absolute atomic E-state index is 12.9. The zero-order chi connectivity index (χ0) is 27.6. The minimum absolute atomic E-state index is 0.0713. The first-order valence-corrected chi connectivity index (χ1v) is 15.8. The minimum atomic E-state index is -3.51. The van der Waals surface area contributed by atoms with E-state index in [4.69, 9.17) is 8.92 Å². The Hall–Kier alpha value is -2.96. The molecule has 0 aliphatic rings. The van der Waals surface area contributed by atoms with Gasteiger partial charge in [0.15, 0.2) is 0 Å². The summed E-state index contributed by atoms with van der Waals surface area (Å²) in [6.45, 7) is 0.718. The van der Waals surface area contributed by atoms with Gasteiger partial charge in [-0.25, -0.2) is 0 Å². The van der Waals surface area contributed by atoms with E-state index in [2.05, 4.69) is 0 Å². The first-order chi connectivity index (χ1) is 19.1. The zero-order valence-corrected chi connectivity index (χ0v) is 23.7. The van der Waals surface area contributed by atoms with Gasteiger partial charge in [0, 0.05) is 0 Å². The van der Waals surface area contributed by atoms with E-state index < -0.39 is 16.0 Å². The van der Waals surface area contributed by atoms with Gasteiger partial charge in [0.25, 0.3) is 10.1 Å². The smallest absolute Gasteiger partial charge is 0.317 e. The summed E-state index contributed by atoms with van der Waals surface area (Å²) >= 11 is 0. The average molecular weight is 551 g/mol. The van der Waals surface area contributed by atoms with Crippen molar-refractivity contribution in [2.45, 2.75) is 75.9 Å². The van der Waals surface area contributed by atoms with E-state index in [0.717, 1.165) is 61.6 Å². The monoisotopic (exact) mass is 550 g/mol. The van der Waals surface area contributed by atoms with Gasteiger partial charge in [0.2, 0.25) is 0 Å². The summed E-state index contributed by atoms with van der Waals surface area (Å²) in [7, 11) is -3.51. The lowest BCUT2D eigenvalue weighted by atomic mass is 9.91. The number of rotatable bonds is 19. The van der Waals surface area contributed by atoms with Crippen molar-refractivity contribution < 1.29 is 22.1 Å². The highest BCUT2D eigenvalue weighted by Crippen LogP contribution is 2.26. The first-order valence-electron chi connectivity index (χ1n) is 14.2. The Morgan fingerprint density at radius 2 is 0.974 bits per heavy atom. The summed E-state index contributed by atoms with van der Waals surface area (Å²) < 4.78 is 34.9. The van der Waals surface area contributed by atoms with Gasteiger partial charge in [0.1, 0.15) is 11.7 Å². The molecule has 39 heavy (non-hydrogen) atoms. The van der Waals surface area contributed by atoms with Gasteiger partial charge >= 0.3 is 5.97 Å². The number of hydrogen-bond acceptors (Lipinski definition) is 5. The Morgan fingerprint density at radius 1 is 0.564 bits per heavy atom. The van der Waals surface area contributed by atoms with Gasteiger partial charge in [-0.3, -0.25) is 8.98 Å². The molecule has 0 amide bonds. The van der Waals surface area contributed by atoms with Crippen LogP contribution in [0, 0.1) is 0 Å². The van der Waals surface area contributed by atoms with E-state index in [1.54, 1.807) is 12.1 Å². The third-order valence-corrected chi connectivity index (χ3v) is 7.95. The lowest BCUT2D eigenvalue weighted by Gasteiger charge is -2.17. The molecule has 0 radical (unpaired) electrons. The van der Waals surface area contributed by atoms with Crippen molar-refractivity contribution in [1.29, 1.82) is 0 Å². The Morgan fingerprint density at radius 3 is 1.46 bits per heavy atom. The highest BCUT2D eigenvalue weighted by molar-refractivity contribution is 7.85. The van der Waals surface area contributed by atoms with Crippen LogP contribution in [0.1, 0.15) is 86.8 Å². The molecule has 0 atom stereocenters. The van der Waals surface area contributed by atoms with Crippen molar-refractivity contribution in [3.63, 3.8) is 0 Å². The van der Waals surface area contributed by atoms with Gasteiger partial charge in [-0.15, -0.1) is 0 Å². The molecular weight excluding hydrogens is 508 g/mol. The molecule has 0 saturated heterocycles. The summed E-state index contributed by atoms with van der Waals surface area (Å²) in [5, 5.41) is 0. The van der Waals surface area contributed by atoms with Crippen LogP contribution in [0.25, 0.3) is 0 Å². The predicted molar refractivity (Wildman–Crippen MR) is 157 cm³/mol. The molecule has 0 spiro atoms. The fraction of sp³-hybridized carbons (Fsp3) is 0.424. The van der Waals surface area contributed by atoms with Crippen LogP contribution < -0.4 is 0 Å². The molecule has 0 fully saturated rings. The Balaban J connectivity index is 1.17. The predicted octanol–water partition coefficient (Wildman–Crippen LogP) is 7.81. The Kier molecular flexibility index (Phi) is 13.8. The minimum Gasteiger partial charge on any atom is -0.465 e. The van der Waals surface area contributed by atoms with Gasteiger partial charge in [0.05, 0.1) is 13.2 Å². The number of carbonyl (C=O) groups excluding carboxylic acids is 1. The topological polar surface area (TPSA) is 69.7 Å². The third kappa shape index (κ3) is 12.2. The van der Waals surface area contributed by atoms with Crippen molar-refractivity contribution >= 4 is 16.1 Å². The van der Waals surface area contributed by atoms with Crippen molar-refractivity contribution in [3.05, 3.63) is 108 Å². The van der Waals surface area contributed by atoms with E-state index in [9.17, 15) is 13.2 Å². The van der Waals surface area contributed by atoms with Crippen LogP contribution in [0.4, 0.5) is 0 Å². The third-order valence-electron chi connectivity index (χ3n) is 6.73. The van der Waals surface area contributed by atoms with Crippen LogP contribution in [0.5, 0.6) is 0 Å². The van der Waals surface area contributed by atoms with Crippen LogP contribution in [0.3, 0.4) is 0 Å². The molecule has 3 aromatic carbocycles. The number of unbranched alkanes of at least 4 members (excludes halogenated alkanes) is 9. The fourth-order valence-electron chi connectivity index (χ4n) is 4.64. The zero-order valence-electron chi connectivity index (χ0n) is 22.9. The quantitative estimate of drug-likeness (QED) is 0.0865. The van der Waals surface area contributed by atoms with Crippen LogP contribution in [0.2, 0.25) is 0 Å². The lowest BCUT2D eigenvalue weighted by molar-refractivity contribution is -0.144. The summed E-state index contributed by atoms with van der Waals surface area (Å²) in [5.41, 5.74) is 2.65. The van der Waals surface area contributed by atoms with Crippen molar-refractivity contribution in [1.82, 2.24) is 0 Å². The maximum atomic E-state index is 12.9. The highest BCUT2D eigenvalue weighted by atomic mass is 32.2. The van der Waals surface area contributed by atoms with Crippen LogP contribution in [-0.4, -0.2) is 27.6 Å². The van der Waals surface area contributed by atoms with Gasteiger partial charge in [-0.1, -0.05) is 142 Å². The molecule has 210 valence electrons. The number of ether oxygens (including phenoxy) is 1. The second-order valence-corrected chi connectivity index (χ2v) is 11.6. The fourth-order valence-corrected chi connectivity index (χ4v) is 5.69. The van der Waals surface area contributed by atoms with E-state index in [-0.39, 0.29) is 18.3 Å². The molecular formula is C33H42O5S. The van der Waals surface area contributed by atoms with Crippen LogP contribution >= 0.6 is 0 Å². The maximum Gasteiger partial charge on any atom is 0.317 e. The summed E-state index contributed by atoms with van der Waals surface area (Å²) in [6, 6.07) is 28.7. The van der Waals surface area contributed by atoms with E-state index >= 15 is 0 Å². The summed E-state index contributed by atoms with van der Waals surface area (Å²) in [5.74, 6) is -0.651. The summed E-state index contributed by atoms with van der Waals surface area (Å²) in [4.78, 5) is 12.9. The first kappa shape index (κ1) is 30.6. The van der Waals surface area contributed by atoms with Gasteiger partial charge in [-0.05, 0) is 29.5 Å². The lowest BCUT2D eigenvalue weighted by Crippen LogP contribution is -2.18. The van der Waals surface area contributed by atoms with Crippen molar-refractivity contribution in [2.24, 2.45) is 0 Å². The Bertz CT molecular complexity index is 1120. The second kappa shape index (κ2) is 17.6. The number of benzene rings is 3. The molecule has 0 aliphatic carbocycles.